The zero-order valence-electron chi connectivity index (χ0n) is 26.8. The minimum absolute atomic E-state index is 0.0118. The molecule has 2 aliphatic carbocycles. The molecule has 2 atom stereocenters. The van der Waals surface area contributed by atoms with Gasteiger partial charge in [-0.1, -0.05) is 59.9 Å². The summed E-state index contributed by atoms with van der Waals surface area (Å²) in [6, 6.07) is 3.68. The van der Waals surface area contributed by atoms with Crippen LogP contribution < -0.4 is 0 Å². The van der Waals surface area contributed by atoms with Crippen LogP contribution in [0, 0.1) is 5.41 Å². The molecule has 0 N–H and O–H groups in total. The molecule has 1 aromatic heterocycles. The van der Waals surface area contributed by atoms with Gasteiger partial charge in [-0.25, -0.2) is 0 Å². The van der Waals surface area contributed by atoms with E-state index in [-0.39, 0.29) is 33.6 Å². The number of benzene rings is 1. The van der Waals surface area contributed by atoms with Crippen molar-refractivity contribution in [1.82, 2.24) is 4.98 Å². The smallest absolute Gasteiger partial charge is 0.410 e. The molecule has 0 amide bonds. The van der Waals surface area contributed by atoms with Gasteiger partial charge in [0.2, 0.25) is 0 Å². The summed E-state index contributed by atoms with van der Waals surface area (Å²) in [5.74, 6) is 0.0704. The van der Waals surface area contributed by atoms with Crippen molar-refractivity contribution in [1.29, 1.82) is 0 Å². The summed E-state index contributed by atoms with van der Waals surface area (Å²) in [6.07, 6.45) is 1.63. The summed E-state index contributed by atoms with van der Waals surface area (Å²) < 4.78 is 57.0. The normalized spacial score (nSPS) is 20.7. The summed E-state index contributed by atoms with van der Waals surface area (Å²) in [5, 5.41) is -0.0394. The van der Waals surface area contributed by atoms with Gasteiger partial charge in [-0.2, -0.15) is 13.2 Å². The van der Waals surface area contributed by atoms with Crippen molar-refractivity contribution in [3.8, 4) is 11.1 Å². The van der Waals surface area contributed by atoms with Gasteiger partial charge in [-0.05, 0) is 85.3 Å². The Kier molecular flexibility index (Phi) is 9.24. The van der Waals surface area contributed by atoms with Crippen LogP contribution in [0.1, 0.15) is 137 Å². The van der Waals surface area contributed by atoms with Gasteiger partial charge in [0.1, 0.15) is 6.29 Å². The minimum Gasteiger partial charge on any atom is -0.410 e. The SMILES string of the molecule is COC(C)c1nc2c(c(C3CCCCC3)c1-c1cc(C=O)ccc1C(F)(F)F)[C@@H](O[Si](C)(C)C(C)(C)C)CC(C)(C)C2. The number of aldehydes is 1. The zero-order chi connectivity index (χ0) is 31.3. The average Bonchev–Trinajstić information content (AvgIpc) is 2.89. The Labute approximate surface area is 250 Å². The van der Waals surface area contributed by atoms with Crippen LogP contribution in [0.15, 0.2) is 18.2 Å². The lowest BCUT2D eigenvalue weighted by Gasteiger charge is -2.46. The maximum atomic E-state index is 14.7. The minimum atomic E-state index is -4.61. The molecule has 8 heteroatoms. The second kappa shape index (κ2) is 11.8. The monoisotopic (exact) mass is 603 g/mol. The standard InChI is InChI=1S/C34H48F3NO3Si/c1-21(40-7)31-29(24-17-22(20-39)15-16-25(24)34(35,36)37)28(23-13-11-10-12-14-23)30-26(38-31)18-33(5,6)19-27(30)41-42(8,9)32(2,3)4/h15-17,20-21,23,27H,10-14,18-19H2,1-9H3/t21?,27-/m0/s1. The highest BCUT2D eigenvalue weighted by atomic mass is 28.4. The third kappa shape index (κ3) is 6.56. The molecule has 1 aromatic carbocycles. The summed E-state index contributed by atoms with van der Waals surface area (Å²) in [4.78, 5) is 17.1. The lowest BCUT2D eigenvalue weighted by molar-refractivity contribution is -0.137. The lowest BCUT2D eigenvalue weighted by Crippen LogP contribution is -2.44. The Balaban J connectivity index is 2.16. The van der Waals surface area contributed by atoms with E-state index in [4.69, 9.17) is 14.1 Å². The van der Waals surface area contributed by atoms with E-state index in [0.717, 1.165) is 61.4 Å². The number of nitrogens with zero attached hydrogens (tertiary/aromatic N) is 1. The molecule has 1 heterocycles. The largest absolute Gasteiger partial charge is 0.417 e. The number of ether oxygens (including phenoxy) is 1. The van der Waals surface area contributed by atoms with E-state index < -0.39 is 26.2 Å². The van der Waals surface area contributed by atoms with Crippen LogP contribution in [0.25, 0.3) is 11.1 Å². The van der Waals surface area contributed by atoms with Crippen LogP contribution in [0.4, 0.5) is 13.2 Å². The number of carbonyl (C=O) groups excluding carboxylic acids is 1. The average molecular weight is 604 g/mol. The van der Waals surface area contributed by atoms with Gasteiger partial charge in [0.25, 0.3) is 0 Å². The molecule has 42 heavy (non-hydrogen) atoms. The summed E-state index contributed by atoms with van der Waals surface area (Å²) >= 11 is 0. The van der Waals surface area contributed by atoms with Crippen molar-refractivity contribution in [2.75, 3.05) is 7.11 Å². The Morgan fingerprint density at radius 1 is 1.07 bits per heavy atom. The summed E-state index contributed by atoms with van der Waals surface area (Å²) in [6.45, 7) is 17.4. The maximum Gasteiger partial charge on any atom is 0.417 e. The molecule has 0 radical (unpaired) electrons. The highest BCUT2D eigenvalue weighted by molar-refractivity contribution is 6.74. The van der Waals surface area contributed by atoms with E-state index in [1.807, 2.05) is 6.92 Å². The quantitative estimate of drug-likeness (QED) is 0.233. The number of aromatic nitrogens is 1. The fourth-order valence-corrected chi connectivity index (χ4v) is 7.81. The molecule has 0 aliphatic heterocycles. The van der Waals surface area contributed by atoms with Gasteiger partial charge in [0, 0.05) is 29.5 Å². The maximum absolute atomic E-state index is 14.7. The first-order valence-electron chi connectivity index (χ1n) is 15.3. The number of pyridine rings is 1. The Morgan fingerprint density at radius 3 is 2.26 bits per heavy atom. The Bertz CT molecular complexity index is 1310. The number of carbonyl (C=O) groups is 1. The molecular formula is C34H48F3NO3Si. The molecule has 4 nitrogen and oxygen atoms in total. The molecule has 0 spiro atoms. The Morgan fingerprint density at radius 2 is 1.71 bits per heavy atom. The molecule has 2 aliphatic rings. The van der Waals surface area contributed by atoms with Crippen molar-refractivity contribution in [3.05, 3.63) is 51.8 Å². The van der Waals surface area contributed by atoms with Gasteiger partial charge in [0.05, 0.1) is 23.5 Å². The van der Waals surface area contributed by atoms with Crippen molar-refractivity contribution < 1.29 is 27.1 Å². The molecule has 1 fully saturated rings. The van der Waals surface area contributed by atoms with Gasteiger partial charge in [-0.3, -0.25) is 9.78 Å². The molecule has 1 saturated carbocycles. The van der Waals surface area contributed by atoms with E-state index in [2.05, 4.69) is 47.7 Å². The number of methoxy groups -OCH3 is 1. The summed E-state index contributed by atoms with van der Waals surface area (Å²) in [7, 11) is -0.704. The van der Waals surface area contributed by atoms with Crippen LogP contribution in [0.2, 0.25) is 18.1 Å². The van der Waals surface area contributed by atoms with Gasteiger partial charge < -0.3 is 9.16 Å². The van der Waals surface area contributed by atoms with Gasteiger partial charge in [-0.15, -0.1) is 0 Å². The first kappa shape index (κ1) is 32.9. The third-order valence-electron chi connectivity index (χ3n) is 9.84. The topological polar surface area (TPSA) is 48.4 Å². The highest BCUT2D eigenvalue weighted by Gasteiger charge is 2.46. The fourth-order valence-electron chi connectivity index (χ4n) is 6.54. The predicted octanol–water partition coefficient (Wildman–Crippen LogP) is 10.4. The van der Waals surface area contributed by atoms with E-state index in [0.29, 0.717) is 24.0 Å². The van der Waals surface area contributed by atoms with Crippen LogP contribution in [-0.2, 0) is 21.8 Å². The first-order valence-corrected chi connectivity index (χ1v) is 18.2. The van der Waals surface area contributed by atoms with E-state index in [1.165, 1.54) is 12.1 Å². The number of hydrogen-bond donors (Lipinski definition) is 0. The highest BCUT2D eigenvalue weighted by Crippen LogP contribution is 2.54. The molecule has 2 aromatic rings. The third-order valence-corrected chi connectivity index (χ3v) is 14.3. The number of rotatable bonds is 7. The van der Waals surface area contributed by atoms with E-state index >= 15 is 0 Å². The zero-order valence-corrected chi connectivity index (χ0v) is 27.8. The van der Waals surface area contributed by atoms with Crippen LogP contribution in [0.3, 0.4) is 0 Å². The number of fused-ring (bicyclic) bond motifs is 1. The molecule has 0 saturated heterocycles. The second-order valence-corrected chi connectivity index (χ2v) is 19.4. The predicted molar refractivity (Wildman–Crippen MR) is 164 cm³/mol. The van der Waals surface area contributed by atoms with Crippen molar-refractivity contribution in [2.45, 2.75) is 129 Å². The molecule has 232 valence electrons. The van der Waals surface area contributed by atoms with Crippen LogP contribution in [-0.4, -0.2) is 26.7 Å². The molecule has 1 unspecified atom stereocenters. The van der Waals surface area contributed by atoms with Gasteiger partial charge >= 0.3 is 6.18 Å². The second-order valence-electron chi connectivity index (χ2n) is 14.7. The first-order chi connectivity index (χ1) is 19.4. The van der Waals surface area contributed by atoms with Crippen LogP contribution >= 0.6 is 0 Å². The number of hydrogen-bond acceptors (Lipinski definition) is 4. The number of alkyl halides is 3. The Hall–Kier alpha value is -2.03. The van der Waals surface area contributed by atoms with Crippen molar-refractivity contribution >= 4 is 14.6 Å². The molecular weight excluding hydrogens is 555 g/mol. The van der Waals surface area contributed by atoms with Crippen molar-refractivity contribution in [3.63, 3.8) is 0 Å². The fraction of sp³-hybridized carbons (Fsp3) is 0.647. The molecule has 0 bridgehead atoms. The van der Waals surface area contributed by atoms with E-state index in [9.17, 15) is 18.0 Å². The molecule has 4 rings (SSSR count). The van der Waals surface area contributed by atoms with E-state index in [1.54, 1.807) is 7.11 Å². The van der Waals surface area contributed by atoms with Crippen molar-refractivity contribution in [2.24, 2.45) is 5.41 Å². The van der Waals surface area contributed by atoms with Crippen LogP contribution in [0.5, 0.6) is 0 Å². The summed E-state index contributed by atoms with van der Waals surface area (Å²) in [5.41, 5.74) is 3.19. The van der Waals surface area contributed by atoms with Gasteiger partial charge in [0.15, 0.2) is 8.32 Å². The number of halogens is 3. The lowest BCUT2D eigenvalue weighted by atomic mass is 9.69.